The molecule has 0 radical (unpaired) electrons. The van der Waals surface area contributed by atoms with Gasteiger partial charge in [-0.15, -0.1) is 11.6 Å². The van der Waals surface area contributed by atoms with Crippen LogP contribution in [0.3, 0.4) is 0 Å². The highest BCUT2D eigenvalue weighted by Gasteiger charge is 2.15. The maximum Gasteiger partial charge on any atom is 0.407 e. The lowest BCUT2D eigenvalue weighted by Crippen LogP contribution is -2.29. The molecule has 0 aliphatic rings. The van der Waals surface area contributed by atoms with Crippen molar-refractivity contribution in [1.29, 1.82) is 0 Å². The summed E-state index contributed by atoms with van der Waals surface area (Å²) in [6.07, 6.45) is 4.05. The van der Waals surface area contributed by atoms with Crippen LogP contribution in [0.1, 0.15) is 52.9 Å². The van der Waals surface area contributed by atoms with Crippen LogP contribution in [0.2, 0.25) is 0 Å². The second-order valence-corrected chi connectivity index (χ2v) is 8.33. The lowest BCUT2D eigenvalue weighted by molar-refractivity contribution is -0.156. The van der Waals surface area contributed by atoms with Crippen molar-refractivity contribution in [2.75, 3.05) is 71.9 Å². The number of carbonyl (C=O) groups excluding carboxylic acids is 2. The molecular formula is C22H42ClNO8. The van der Waals surface area contributed by atoms with E-state index in [1.807, 2.05) is 20.8 Å². The Kier molecular flexibility index (Phi) is 20.9. The van der Waals surface area contributed by atoms with Gasteiger partial charge in [0.05, 0.1) is 52.7 Å². The minimum Gasteiger partial charge on any atom is -0.460 e. The smallest absolute Gasteiger partial charge is 0.407 e. The first-order valence-electron chi connectivity index (χ1n) is 11.3. The monoisotopic (exact) mass is 483 g/mol. The first kappa shape index (κ1) is 30.9. The molecule has 0 atom stereocenters. The molecule has 0 aromatic heterocycles. The van der Waals surface area contributed by atoms with E-state index in [-0.39, 0.29) is 32.2 Å². The van der Waals surface area contributed by atoms with Crippen molar-refractivity contribution in [3.8, 4) is 0 Å². The second-order valence-electron chi connectivity index (χ2n) is 7.95. The van der Waals surface area contributed by atoms with Gasteiger partial charge >= 0.3 is 12.1 Å². The lowest BCUT2D eigenvalue weighted by Gasteiger charge is -2.19. The Bertz CT molecular complexity index is 460. The van der Waals surface area contributed by atoms with E-state index >= 15 is 0 Å². The molecule has 0 saturated heterocycles. The van der Waals surface area contributed by atoms with E-state index < -0.39 is 11.7 Å². The average Bonchev–Trinajstić information content (AvgIpc) is 2.72. The molecule has 0 saturated carbocycles. The van der Waals surface area contributed by atoms with Crippen LogP contribution >= 0.6 is 11.6 Å². The Balaban J connectivity index is 3.26. The molecule has 0 unspecified atom stereocenters. The van der Waals surface area contributed by atoms with E-state index in [0.29, 0.717) is 39.6 Å². The zero-order chi connectivity index (χ0) is 23.9. The predicted octanol–water partition coefficient (Wildman–Crippen LogP) is 3.31. The molecule has 0 aliphatic heterocycles. The Morgan fingerprint density at radius 2 is 1.28 bits per heavy atom. The molecular weight excluding hydrogens is 442 g/mol. The van der Waals surface area contributed by atoms with Gasteiger partial charge in [-0.1, -0.05) is 12.8 Å². The van der Waals surface area contributed by atoms with Gasteiger partial charge in [0.15, 0.2) is 0 Å². The molecule has 0 fully saturated rings. The summed E-state index contributed by atoms with van der Waals surface area (Å²) in [4.78, 5) is 23.0. The van der Waals surface area contributed by atoms with Gasteiger partial charge in [-0.3, -0.25) is 4.79 Å². The maximum atomic E-state index is 11.5. The summed E-state index contributed by atoms with van der Waals surface area (Å²) in [5, 5.41) is 2.60. The van der Waals surface area contributed by atoms with Gasteiger partial charge < -0.3 is 33.7 Å². The van der Waals surface area contributed by atoms with E-state index in [2.05, 4.69) is 5.32 Å². The van der Waals surface area contributed by atoms with Crippen molar-refractivity contribution in [3.05, 3.63) is 0 Å². The van der Waals surface area contributed by atoms with Crippen molar-refractivity contribution < 1.29 is 38.0 Å². The van der Waals surface area contributed by atoms with Gasteiger partial charge in [0, 0.05) is 19.0 Å². The molecule has 0 heterocycles. The van der Waals surface area contributed by atoms with Crippen LogP contribution in [-0.2, 0) is 33.2 Å². The second kappa shape index (κ2) is 21.7. The summed E-state index contributed by atoms with van der Waals surface area (Å²) in [6, 6.07) is 0. The number of rotatable bonds is 21. The standard InChI is InChI=1S/C22H42ClNO8/c1-22(2,3)32-20(25)8-12-28-15-17-30-18-19-31-21(26)24-10-13-29-16-14-27-11-7-5-4-6-9-23/h4-19H2,1-3H3,(H,24,26). The number of carbonyl (C=O) groups is 2. The first-order chi connectivity index (χ1) is 15.3. The molecule has 0 aliphatic carbocycles. The number of hydrogen-bond donors (Lipinski definition) is 1. The summed E-state index contributed by atoms with van der Waals surface area (Å²) in [5.41, 5.74) is -0.488. The minimum atomic E-state index is -0.515. The van der Waals surface area contributed by atoms with E-state index in [9.17, 15) is 9.59 Å². The summed E-state index contributed by atoms with van der Waals surface area (Å²) in [6.45, 7) is 9.38. The molecule has 0 aromatic carbocycles. The molecule has 0 bridgehead atoms. The third-order valence-corrected chi connectivity index (χ3v) is 4.03. The summed E-state index contributed by atoms with van der Waals surface area (Å²) < 4.78 is 31.6. The number of esters is 1. The number of unbranched alkanes of at least 4 members (excludes halogenated alkanes) is 3. The highest BCUT2D eigenvalue weighted by molar-refractivity contribution is 6.17. The first-order valence-corrected chi connectivity index (χ1v) is 11.9. The van der Waals surface area contributed by atoms with Crippen molar-refractivity contribution in [2.45, 2.75) is 58.5 Å². The topological polar surface area (TPSA) is 102 Å². The van der Waals surface area contributed by atoms with E-state index in [1.54, 1.807) is 0 Å². The molecule has 1 N–H and O–H groups in total. The molecule has 32 heavy (non-hydrogen) atoms. The number of alkyl halides is 1. The average molecular weight is 484 g/mol. The van der Waals surface area contributed by atoms with E-state index in [1.165, 1.54) is 0 Å². The third kappa shape index (κ3) is 25.1. The summed E-state index contributed by atoms with van der Waals surface area (Å²) >= 11 is 5.62. The molecule has 0 aromatic rings. The molecule has 1 amide bonds. The molecule has 9 nitrogen and oxygen atoms in total. The normalized spacial score (nSPS) is 11.4. The van der Waals surface area contributed by atoms with Crippen LogP contribution in [-0.4, -0.2) is 89.6 Å². The SMILES string of the molecule is CC(C)(C)OC(=O)CCOCCOCCOC(=O)NCCOCCOCCCCCCCl. The number of amides is 1. The Hall–Kier alpha value is -1.13. The molecule has 10 heteroatoms. The lowest BCUT2D eigenvalue weighted by atomic mass is 10.2. The van der Waals surface area contributed by atoms with Gasteiger partial charge in [-0.05, 0) is 33.6 Å². The summed E-state index contributed by atoms with van der Waals surface area (Å²) in [5.74, 6) is 0.431. The van der Waals surface area contributed by atoms with Crippen LogP contribution in [0, 0.1) is 0 Å². The minimum absolute atomic E-state index is 0.142. The van der Waals surface area contributed by atoms with Crippen LogP contribution in [0.25, 0.3) is 0 Å². The van der Waals surface area contributed by atoms with Gasteiger partial charge in [0.25, 0.3) is 0 Å². The third-order valence-electron chi connectivity index (χ3n) is 3.76. The van der Waals surface area contributed by atoms with Gasteiger partial charge in [0.2, 0.25) is 0 Å². The number of nitrogens with one attached hydrogen (secondary N) is 1. The number of ether oxygens (including phenoxy) is 6. The van der Waals surface area contributed by atoms with Crippen molar-refractivity contribution in [3.63, 3.8) is 0 Å². The van der Waals surface area contributed by atoms with Crippen LogP contribution in [0.5, 0.6) is 0 Å². The zero-order valence-corrected chi connectivity index (χ0v) is 20.7. The number of halogens is 1. The Morgan fingerprint density at radius 1 is 0.719 bits per heavy atom. The highest BCUT2D eigenvalue weighted by atomic mass is 35.5. The predicted molar refractivity (Wildman–Crippen MR) is 122 cm³/mol. The molecule has 0 rings (SSSR count). The van der Waals surface area contributed by atoms with Crippen molar-refractivity contribution in [1.82, 2.24) is 5.32 Å². The van der Waals surface area contributed by atoms with Gasteiger partial charge in [0.1, 0.15) is 12.2 Å². The molecule has 190 valence electrons. The van der Waals surface area contributed by atoms with Crippen LogP contribution in [0.15, 0.2) is 0 Å². The maximum absolute atomic E-state index is 11.5. The van der Waals surface area contributed by atoms with E-state index in [0.717, 1.165) is 38.2 Å². The van der Waals surface area contributed by atoms with Crippen molar-refractivity contribution >= 4 is 23.7 Å². The van der Waals surface area contributed by atoms with Gasteiger partial charge in [-0.25, -0.2) is 4.79 Å². The fraction of sp³-hybridized carbons (Fsp3) is 0.909. The molecule has 0 spiro atoms. The summed E-state index contributed by atoms with van der Waals surface area (Å²) in [7, 11) is 0. The zero-order valence-electron chi connectivity index (χ0n) is 20.0. The Morgan fingerprint density at radius 3 is 1.94 bits per heavy atom. The van der Waals surface area contributed by atoms with Crippen LogP contribution in [0.4, 0.5) is 4.79 Å². The number of alkyl carbamates (subject to hydrolysis) is 1. The van der Waals surface area contributed by atoms with Crippen molar-refractivity contribution in [2.24, 2.45) is 0 Å². The largest absolute Gasteiger partial charge is 0.460 e. The van der Waals surface area contributed by atoms with Crippen LogP contribution < -0.4 is 5.32 Å². The Labute approximate surface area is 197 Å². The fourth-order valence-electron chi connectivity index (χ4n) is 2.31. The van der Waals surface area contributed by atoms with E-state index in [4.69, 9.17) is 40.0 Å². The number of hydrogen-bond acceptors (Lipinski definition) is 8. The van der Waals surface area contributed by atoms with Gasteiger partial charge in [-0.2, -0.15) is 0 Å². The fourth-order valence-corrected chi connectivity index (χ4v) is 2.50. The quantitative estimate of drug-likeness (QED) is 0.151. The highest BCUT2D eigenvalue weighted by Crippen LogP contribution is 2.08.